The number of hydrogen-bond acceptors (Lipinski definition) is 5. The molecule has 0 unspecified atom stereocenters. The molecule has 0 amide bonds. The van der Waals surface area contributed by atoms with Crippen LogP contribution in [-0.2, 0) is 4.74 Å². The highest BCUT2D eigenvalue weighted by molar-refractivity contribution is 4.81. The lowest BCUT2D eigenvalue weighted by molar-refractivity contribution is -0.00698. The molecule has 116 valence electrons. The van der Waals surface area contributed by atoms with E-state index in [9.17, 15) is 0 Å². The van der Waals surface area contributed by atoms with Gasteiger partial charge in [0.2, 0.25) is 0 Å². The fourth-order valence-electron chi connectivity index (χ4n) is 3.64. The molecule has 3 heterocycles. The van der Waals surface area contributed by atoms with Crippen molar-refractivity contribution >= 4 is 0 Å². The smallest absolute Gasteiger partial charge is 0.0594 e. The second-order valence-corrected chi connectivity index (χ2v) is 6.56. The van der Waals surface area contributed by atoms with E-state index in [1.165, 1.54) is 58.8 Å². The Morgan fingerprint density at radius 2 is 1.40 bits per heavy atom. The summed E-state index contributed by atoms with van der Waals surface area (Å²) in [5.74, 6) is 0. The summed E-state index contributed by atoms with van der Waals surface area (Å²) in [6.07, 6.45) is 2.68. The van der Waals surface area contributed by atoms with Gasteiger partial charge in [0.1, 0.15) is 0 Å². The molecule has 0 atom stereocenters. The highest BCUT2D eigenvalue weighted by Crippen LogP contribution is 2.18. The van der Waals surface area contributed by atoms with Crippen LogP contribution < -0.4 is 0 Å². The van der Waals surface area contributed by atoms with Crippen molar-refractivity contribution in [2.45, 2.75) is 18.9 Å². The molecule has 20 heavy (non-hydrogen) atoms. The minimum atomic E-state index is 0.808. The summed E-state index contributed by atoms with van der Waals surface area (Å²) >= 11 is 0. The van der Waals surface area contributed by atoms with Crippen LogP contribution in [0.1, 0.15) is 12.8 Å². The normalized spacial score (nSPS) is 29.9. The van der Waals surface area contributed by atoms with Crippen LogP contribution >= 0.6 is 0 Å². The van der Waals surface area contributed by atoms with Crippen molar-refractivity contribution in [2.24, 2.45) is 0 Å². The molecule has 3 saturated heterocycles. The summed E-state index contributed by atoms with van der Waals surface area (Å²) in [6, 6.07) is 0.808. The quantitative estimate of drug-likeness (QED) is 0.724. The molecule has 0 spiro atoms. The lowest BCUT2D eigenvalue weighted by atomic mass is 10.0. The molecule has 0 radical (unpaired) electrons. The summed E-state index contributed by atoms with van der Waals surface area (Å²) in [5.41, 5.74) is 0. The Kier molecular flexibility index (Phi) is 5.29. The summed E-state index contributed by atoms with van der Waals surface area (Å²) in [4.78, 5) is 10.4. The monoisotopic (exact) mass is 282 g/mol. The Bertz CT molecular complexity index is 280. The maximum Gasteiger partial charge on any atom is 0.0594 e. The van der Waals surface area contributed by atoms with Gasteiger partial charge in [-0.1, -0.05) is 0 Å². The number of piperidine rings is 1. The maximum atomic E-state index is 5.46. The van der Waals surface area contributed by atoms with Crippen molar-refractivity contribution in [3.63, 3.8) is 0 Å². The maximum absolute atomic E-state index is 5.46. The van der Waals surface area contributed by atoms with E-state index in [4.69, 9.17) is 4.74 Å². The average Bonchev–Trinajstić information content (AvgIpc) is 2.51. The lowest BCUT2D eigenvalue weighted by Gasteiger charge is -2.42. The van der Waals surface area contributed by atoms with Crippen LogP contribution in [-0.4, -0.2) is 105 Å². The van der Waals surface area contributed by atoms with E-state index in [2.05, 4.69) is 26.6 Å². The van der Waals surface area contributed by atoms with Crippen molar-refractivity contribution in [1.29, 1.82) is 0 Å². The fourth-order valence-corrected chi connectivity index (χ4v) is 3.64. The number of hydrogen-bond donors (Lipinski definition) is 0. The minimum absolute atomic E-state index is 0.808. The Morgan fingerprint density at radius 3 is 2.05 bits per heavy atom. The van der Waals surface area contributed by atoms with Crippen molar-refractivity contribution < 1.29 is 4.74 Å². The van der Waals surface area contributed by atoms with Crippen LogP contribution in [0.3, 0.4) is 0 Å². The van der Waals surface area contributed by atoms with Gasteiger partial charge >= 0.3 is 0 Å². The number of nitrogens with zero attached hydrogens (tertiary/aromatic N) is 4. The molecule has 3 fully saturated rings. The van der Waals surface area contributed by atoms with Gasteiger partial charge in [0.25, 0.3) is 0 Å². The number of rotatable bonds is 3. The minimum Gasteiger partial charge on any atom is -0.379 e. The van der Waals surface area contributed by atoms with E-state index in [0.717, 1.165) is 32.3 Å². The van der Waals surface area contributed by atoms with Crippen LogP contribution in [0.5, 0.6) is 0 Å². The summed E-state index contributed by atoms with van der Waals surface area (Å²) in [7, 11) is 2.23. The standard InChI is InChI=1S/C15H30N4O/c1-16-6-8-18(9-7-16)14-17-4-2-15(3-5-17)19-10-12-20-13-11-19/h15H,2-14H2,1H3. The van der Waals surface area contributed by atoms with Gasteiger partial charge in [0, 0.05) is 58.4 Å². The zero-order valence-electron chi connectivity index (χ0n) is 13.0. The van der Waals surface area contributed by atoms with Gasteiger partial charge in [-0.25, -0.2) is 0 Å². The number of morpholine rings is 1. The van der Waals surface area contributed by atoms with Gasteiger partial charge in [-0.2, -0.15) is 0 Å². The van der Waals surface area contributed by atoms with E-state index in [0.29, 0.717) is 0 Å². The predicted molar refractivity (Wildman–Crippen MR) is 80.9 cm³/mol. The lowest BCUT2D eigenvalue weighted by Crippen LogP contribution is -2.53. The fraction of sp³-hybridized carbons (Fsp3) is 1.00. The van der Waals surface area contributed by atoms with Crippen molar-refractivity contribution in [2.75, 3.05) is 79.3 Å². The first kappa shape index (κ1) is 14.7. The number of piperazine rings is 1. The summed E-state index contributed by atoms with van der Waals surface area (Å²) in [6.45, 7) is 12.8. The van der Waals surface area contributed by atoms with Gasteiger partial charge in [-0.15, -0.1) is 0 Å². The highest BCUT2D eigenvalue weighted by atomic mass is 16.5. The average molecular weight is 282 g/mol. The third kappa shape index (κ3) is 3.92. The van der Waals surface area contributed by atoms with Crippen LogP contribution in [0.4, 0.5) is 0 Å². The molecule has 0 aromatic carbocycles. The second-order valence-electron chi connectivity index (χ2n) is 6.56. The number of ether oxygens (including phenoxy) is 1. The van der Waals surface area contributed by atoms with Crippen LogP contribution in [0.15, 0.2) is 0 Å². The molecule has 0 bridgehead atoms. The summed E-state index contributed by atoms with van der Waals surface area (Å²) in [5, 5.41) is 0. The molecule has 0 aromatic rings. The van der Waals surface area contributed by atoms with Gasteiger partial charge in [0.05, 0.1) is 19.9 Å². The Labute approximate surface area is 123 Å². The molecule has 0 N–H and O–H groups in total. The third-order valence-electron chi connectivity index (χ3n) is 5.12. The molecule has 0 aromatic heterocycles. The second kappa shape index (κ2) is 7.18. The summed E-state index contributed by atoms with van der Waals surface area (Å²) < 4.78 is 5.46. The molecule has 3 aliphatic rings. The molecule has 5 heteroatoms. The molecule has 5 nitrogen and oxygen atoms in total. The first-order valence-corrected chi connectivity index (χ1v) is 8.26. The molecule has 3 aliphatic heterocycles. The molecular formula is C15H30N4O. The molecule has 0 aliphatic carbocycles. The number of likely N-dealkylation sites (tertiary alicyclic amines) is 1. The van der Waals surface area contributed by atoms with Gasteiger partial charge < -0.3 is 9.64 Å². The van der Waals surface area contributed by atoms with E-state index in [1.54, 1.807) is 0 Å². The first-order valence-electron chi connectivity index (χ1n) is 8.26. The highest BCUT2D eigenvalue weighted by Gasteiger charge is 2.26. The van der Waals surface area contributed by atoms with Crippen molar-refractivity contribution in [1.82, 2.24) is 19.6 Å². The van der Waals surface area contributed by atoms with E-state index in [-0.39, 0.29) is 0 Å². The topological polar surface area (TPSA) is 22.2 Å². The Hall–Kier alpha value is -0.200. The zero-order chi connectivity index (χ0) is 13.8. The molecule has 3 rings (SSSR count). The third-order valence-corrected chi connectivity index (χ3v) is 5.12. The largest absolute Gasteiger partial charge is 0.379 e. The van der Waals surface area contributed by atoms with Gasteiger partial charge in [-0.05, 0) is 19.9 Å². The molecule has 0 saturated carbocycles. The van der Waals surface area contributed by atoms with Crippen LogP contribution in [0.2, 0.25) is 0 Å². The SMILES string of the molecule is CN1CCN(CN2CCC(N3CCOCC3)CC2)CC1. The van der Waals surface area contributed by atoms with Gasteiger partial charge in [-0.3, -0.25) is 14.7 Å². The van der Waals surface area contributed by atoms with Crippen molar-refractivity contribution in [3.8, 4) is 0 Å². The Morgan fingerprint density at radius 1 is 0.800 bits per heavy atom. The number of likely N-dealkylation sites (N-methyl/N-ethyl adjacent to an activating group) is 1. The van der Waals surface area contributed by atoms with Crippen LogP contribution in [0.25, 0.3) is 0 Å². The zero-order valence-corrected chi connectivity index (χ0v) is 13.0. The first-order chi connectivity index (χ1) is 9.81. The van der Waals surface area contributed by atoms with Crippen molar-refractivity contribution in [3.05, 3.63) is 0 Å². The van der Waals surface area contributed by atoms with Crippen LogP contribution in [0, 0.1) is 0 Å². The Balaban J connectivity index is 1.37. The van der Waals surface area contributed by atoms with Gasteiger partial charge in [0.15, 0.2) is 0 Å². The molecular weight excluding hydrogens is 252 g/mol. The van der Waals surface area contributed by atoms with E-state index >= 15 is 0 Å². The predicted octanol–water partition coefficient (Wildman–Crippen LogP) is -0.0121. The van der Waals surface area contributed by atoms with E-state index < -0.39 is 0 Å². The van der Waals surface area contributed by atoms with E-state index in [1.807, 2.05) is 0 Å².